The predicted molar refractivity (Wildman–Crippen MR) is 157 cm³/mol. The van der Waals surface area contributed by atoms with Crippen molar-refractivity contribution in [2.24, 2.45) is 5.92 Å². The van der Waals surface area contributed by atoms with E-state index in [4.69, 9.17) is 14.2 Å². The van der Waals surface area contributed by atoms with E-state index in [1.165, 1.54) is 6.33 Å². The fourth-order valence-corrected chi connectivity index (χ4v) is 5.51. The molecule has 222 valence electrons. The van der Waals surface area contributed by atoms with Gasteiger partial charge in [-0.2, -0.15) is 0 Å². The minimum Gasteiger partial charge on any atom is -0.493 e. The van der Waals surface area contributed by atoms with E-state index in [9.17, 15) is 9.59 Å². The number of rotatable bonds is 4. The largest absolute Gasteiger partial charge is 0.493 e. The van der Waals surface area contributed by atoms with Gasteiger partial charge in [0.2, 0.25) is 5.91 Å². The molecule has 2 aromatic carbocycles. The Hall–Kier alpha value is -4.71. The van der Waals surface area contributed by atoms with Crippen LogP contribution in [-0.2, 0) is 16.1 Å². The fraction of sp³-hybridized carbons (Fsp3) is 0.387. The van der Waals surface area contributed by atoms with Gasteiger partial charge in [-0.15, -0.1) is 0 Å². The van der Waals surface area contributed by atoms with Gasteiger partial charge in [0.15, 0.2) is 11.5 Å². The second-order valence-electron chi connectivity index (χ2n) is 11.3. The number of benzene rings is 2. The summed E-state index contributed by atoms with van der Waals surface area (Å²) < 4.78 is 18.6. The Bertz CT molecular complexity index is 1640. The number of hydrogen-bond acceptors (Lipinski definition) is 9. The summed E-state index contributed by atoms with van der Waals surface area (Å²) in [4.78, 5) is 44.4. The number of fused-ring (bicyclic) bond motifs is 6. The van der Waals surface area contributed by atoms with Crippen molar-refractivity contribution >= 4 is 28.8 Å². The Balaban J connectivity index is 1.13. The molecule has 4 aromatic rings. The average Bonchev–Trinajstić information content (AvgIpc) is 3.72. The number of H-pyrrole nitrogens is 1. The van der Waals surface area contributed by atoms with Crippen LogP contribution in [0.25, 0.3) is 11.2 Å². The van der Waals surface area contributed by atoms with Gasteiger partial charge in [0.25, 0.3) is 5.91 Å². The van der Waals surface area contributed by atoms with Crippen molar-refractivity contribution in [1.29, 1.82) is 0 Å². The number of nitrogens with zero attached hydrogens (tertiary/aromatic N) is 4. The van der Waals surface area contributed by atoms with Gasteiger partial charge in [0.05, 0.1) is 31.7 Å². The third-order valence-corrected chi connectivity index (χ3v) is 7.96. The Kier molecular flexibility index (Phi) is 7.50. The number of piperidine rings is 1. The Morgan fingerprint density at radius 3 is 2.86 bits per heavy atom. The van der Waals surface area contributed by atoms with Gasteiger partial charge in [0, 0.05) is 37.7 Å². The summed E-state index contributed by atoms with van der Waals surface area (Å²) in [5.41, 5.74) is 2.68. The zero-order valence-electron chi connectivity index (χ0n) is 23.6. The van der Waals surface area contributed by atoms with Crippen molar-refractivity contribution in [2.75, 3.05) is 31.1 Å². The number of anilines is 1. The van der Waals surface area contributed by atoms with Gasteiger partial charge < -0.3 is 34.7 Å². The molecule has 1 saturated carbocycles. The van der Waals surface area contributed by atoms with Gasteiger partial charge in [0.1, 0.15) is 29.1 Å². The lowest BCUT2D eigenvalue weighted by molar-refractivity contribution is -0.123. The van der Waals surface area contributed by atoms with E-state index >= 15 is 0 Å². The normalized spacial score (nSPS) is 21.3. The maximum Gasteiger partial charge on any atom is 0.251 e. The van der Waals surface area contributed by atoms with E-state index in [-0.39, 0.29) is 36.9 Å². The highest BCUT2D eigenvalue weighted by Gasteiger charge is 2.33. The molecule has 0 spiro atoms. The maximum absolute atomic E-state index is 13.1. The monoisotopic (exact) mass is 583 g/mol. The molecule has 12 heteroatoms. The maximum atomic E-state index is 13.1. The molecule has 1 saturated heterocycles. The first-order valence-corrected chi connectivity index (χ1v) is 14.7. The van der Waals surface area contributed by atoms with Crippen LogP contribution in [0.1, 0.15) is 41.6 Å². The number of hydrogen-bond donors (Lipinski definition) is 3. The summed E-state index contributed by atoms with van der Waals surface area (Å²) in [6.07, 6.45) is 5.98. The molecule has 2 atom stereocenters. The molecular weight excluding hydrogens is 550 g/mol. The molecule has 12 nitrogen and oxygen atoms in total. The molecule has 43 heavy (non-hydrogen) atoms. The molecule has 2 aliphatic heterocycles. The number of ether oxygens (including phenoxy) is 3. The van der Waals surface area contributed by atoms with Gasteiger partial charge in [-0.25, -0.2) is 15.0 Å². The van der Waals surface area contributed by atoms with Crippen LogP contribution < -0.4 is 25.0 Å². The molecule has 3 aliphatic rings. The highest BCUT2D eigenvalue weighted by molar-refractivity contribution is 5.95. The average molecular weight is 584 g/mol. The Labute approximate surface area is 248 Å². The molecule has 7 rings (SSSR count). The van der Waals surface area contributed by atoms with Crippen LogP contribution in [0.5, 0.6) is 17.2 Å². The molecule has 2 aromatic heterocycles. The summed E-state index contributed by atoms with van der Waals surface area (Å²) in [5.74, 6) is 2.53. The quantitative estimate of drug-likeness (QED) is 0.330. The lowest BCUT2D eigenvalue weighted by Gasteiger charge is -2.39. The minimum absolute atomic E-state index is 0.120. The van der Waals surface area contributed by atoms with Crippen molar-refractivity contribution in [1.82, 2.24) is 30.6 Å². The standard InChI is InChI=1S/C31H33N7O5/c39-27-6-8-32-31(40)21-11-23(41-15-19-4-5-19)13-24(12-21)43-22-3-1-2-20(10-22)16-42-26-7-9-38(14-25(26)37-27)30-28-29(34-17-33-28)35-18-36-30/h1-3,10-13,17-19,25-26H,4-9,14-16H2,(H,32,40)(H,37,39)(H,33,34,35,36)/t25-,26+/m0/s1. The summed E-state index contributed by atoms with van der Waals surface area (Å²) in [6.45, 7) is 2.32. The van der Waals surface area contributed by atoms with Gasteiger partial charge in [-0.3, -0.25) is 9.59 Å². The lowest BCUT2D eigenvalue weighted by atomic mass is 10.0. The van der Waals surface area contributed by atoms with Crippen LogP contribution in [0.2, 0.25) is 0 Å². The van der Waals surface area contributed by atoms with E-state index in [1.807, 2.05) is 24.3 Å². The van der Waals surface area contributed by atoms with E-state index in [0.717, 1.165) is 29.7 Å². The zero-order valence-corrected chi connectivity index (χ0v) is 23.6. The highest BCUT2D eigenvalue weighted by Crippen LogP contribution is 2.33. The molecule has 3 N–H and O–H groups in total. The van der Waals surface area contributed by atoms with Crippen LogP contribution in [0.4, 0.5) is 5.82 Å². The van der Waals surface area contributed by atoms with Crippen LogP contribution in [0, 0.1) is 5.92 Å². The third kappa shape index (κ3) is 6.38. The van der Waals surface area contributed by atoms with Crippen molar-refractivity contribution in [3.63, 3.8) is 0 Å². The molecule has 4 bridgehead atoms. The van der Waals surface area contributed by atoms with Crippen LogP contribution >= 0.6 is 0 Å². The smallest absolute Gasteiger partial charge is 0.251 e. The number of aromatic amines is 1. The van der Waals surface area contributed by atoms with Crippen molar-refractivity contribution in [3.05, 3.63) is 66.2 Å². The molecule has 0 radical (unpaired) electrons. The molecule has 2 fully saturated rings. The number of nitrogens with one attached hydrogen (secondary N) is 3. The predicted octanol–water partition coefficient (Wildman–Crippen LogP) is 3.35. The first-order chi connectivity index (χ1) is 21.1. The second-order valence-corrected chi connectivity index (χ2v) is 11.3. The number of carbonyl (C=O) groups is 2. The summed E-state index contributed by atoms with van der Waals surface area (Å²) >= 11 is 0. The molecule has 1 aliphatic carbocycles. The fourth-order valence-electron chi connectivity index (χ4n) is 5.51. The van der Waals surface area contributed by atoms with Crippen molar-refractivity contribution < 1.29 is 23.8 Å². The summed E-state index contributed by atoms with van der Waals surface area (Å²) in [5, 5.41) is 6.02. The minimum atomic E-state index is -0.304. The van der Waals surface area contributed by atoms with E-state index in [2.05, 4.69) is 35.5 Å². The van der Waals surface area contributed by atoms with Gasteiger partial charge in [-0.05, 0) is 55.0 Å². The first-order valence-electron chi connectivity index (χ1n) is 14.7. The molecular formula is C31H33N7O5. The highest BCUT2D eigenvalue weighted by atomic mass is 16.5. The topological polar surface area (TPSA) is 144 Å². The Morgan fingerprint density at radius 1 is 1.02 bits per heavy atom. The zero-order chi connectivity index (χ0) is 29.2. The Morgan fingerprint density at radius 2 is 1.95 bits per heavy atom. The third-order valence-electron chi connectivity index (χ3n) is 7.96. The van der Waals surface area contributed by atoms with Crippen LogP contribution in [-0.4, -0.2) is 70.1 Å². The van der Waals surface area contributed by atoms with Crippen LogP contribution in [0.15, 0.2) is 55.1 Å². The van der Waals surface area contributed by atoms with E-state index < -0.39 is 0 Å². The van der Waals surface area contributed by atoms with Gasteiger partial charge >= 0.3 is 0 Å². The number of aromatic nitrogens is 4. The number of imidazole rings is 1. The molecule has 0 unspecified atom stereocenters. The number of carbonyl (C=O) groups excluding carboxylic acids is 2. The summed E-state index contributed by atoms with van der Waals surface area (Å²) in [7, 11) is 0. The van der Waals surface area contributed by atoms with Crippen molar-refractivity contribution in [3.8, 4) is 17.2 Å². The molecule has 2 amide bonds. The van der Waals surface area contributed by atoms with E-state index in [1.54, 1.807) is 24.5 Å². The lowest BCUT2D eigenvalue weighted by Crippen LogP contribution is -2.56. The number of amides is 2. The SMILES string of the molecule is O=C1CCNC(=O)c2cc(OCC3CC3)cc(c2)Oc2cccc(c2)CO[C@@H]2CCN(c3ncnc4nc[nH]c34)C[C@@H]2N1. The van der Waals surface area contributed by atoms with Crippen molar-refractivity contribution in [2.45, 2.75) is 44.4 Å². The van der Waals surface area contributed by atoms with Gasteiger partial charge in [-0.1, -0.05) is 12.1 Å². The van der Waals surface area contributed by atoms with Crippen LogP contribution in [0.3, 0.4) is 0 Å². The molecule has 4 heterocycles. The first kappa shape index (κ1) is 27.1. The second kappa shape index (κ2) is 11.9. The van der Waals surface area contributed by atoms with E-state index in [0.29, 0.717) is 67.1 Å². The summed E-state index contributed by atoms with van der Waals surface area (Å²) in [6, 6.07) is 12.6.